The molecule has 0 radical (unpaired) electrons. The Kier molecular flexibility index (Phi) is 25.0. The number of hydrogen-bond acceptors (Lipinski definition) is 2. The number of hydrogen-bond donors (Lipinski definition) is 0. The molecule has 0 aliphatic carbocycles. The van der Waals surface area contributed by atoms with Gasteiger partial charge in [0.25, 0.3) is 0 Å². The van der Waals surface area contributed by atoms with Crippen LogP contribution in [0.5, 0.6) is 0 Å². The Bertz CT molecular complexity index is 474. The molecule has 1 rings (SSSR count). The summed E-state index contributed by atoms with van der Waals surface area (Å²) < 4.78 is 0. The van der Waals surface area contributed by atoms with Crippen molar-refractivity contribution in [3.05, 3.63) is 12.4 Å². The molecule has 0 N–H and O–H groups in total. The van der Waals surface area contributed by atoms with Crippen molar-refractivity contribution in [1.29, 1.82) is 0 Å². The lowest BCUT2D eigenvalue weighted by atomic mass is 10.0. The Hall–Kier alpha value is -0.660. The molecule has 0 saturated carbocycles. The summed E-state index contributed by atoms with van der Waals surface area (Å²) in [6.45, 7) is 9.47. The summed E-state index contributed by atoms with van der Waals surface area (Å²) >= 11 is 0. The van der Waals surface area contributed by atoms with E-state index in [0.29, 0.717) is 6.17 Å². The molecule has 0 saturated heterocycles. The van der Waals surface area contributed by atoms with Crippen LogP contribution in [-0.2, 0) is 0 Å². The van der Waals surface area contributed by atoms with Crippen molar-refractivity contribution in [2.45, 2.75) is 200 Å². The molecule has 2 heteroatoms. The Morgan fingerprint density at radius 2 is 0.622 bits per heavy atom. The number of unbranched alkanes of at least 4 members (excludes halogenated alkanes) is 23. The summed E-state index contributed by atoms with van der Waals surface area (Å²) in [6, 6.07) is 0. The van der Waals surface area contributed by atoms with Crippen LogP contribution in [0, 0.1) is 0 Å². The van der Waals surface area contributed by atoms with Gasteiger partial charge in [0.2, 0.25) is 0 Å². The SMILES string of the molecule is CCCCCCCCCCCCCC1N(CCCCCCC)C=CN1CCCCCCCCCCCC. The minimum absolute atomic E-state index is 0.642. The fourth-order valence-corrected chi connectivity index (χ4v) is 6.01. The average molecular weight is 519 g/mol. The van der Waals surface area contributed by atoms with Gasteiger partial charge in [0.1, 0.15) is 6.17 Å². The Balaban J connectivity index is 2.21. The normalized spacial score (nSPS) is 15.4. The maximum Gasteiger partial charge on any atom is 0.101 e. The van der Waals surface area contributed by atoms with E-state index in [9.17, 15) is 0 Å². The van der Waals surface area contributed by atoms with Crippen molar-refractivity contribution in [2.24, 2.45) is 0 Å². The lowest BCUT2D eigenvalue weighted by Crippen LogP contribution is -2.39. The quantitative estimate of drug-likeness (QED) is 0.0908. The molecule has 2 nitrogen and oxygen atoms in total. The first-order valence-electron chi connectivity index (χ1n) is 17.5. The molecule has 0 aromatic carbocycles. The van der Waals surface area contributed by atoms with E-state index >= 15 is 0 Å². The van der Waals surface area contributed by atoms with Crippen molar-refractivity contribution in [1.82, 2.24) is 9.80 Å². The van der Waals surface area contributed by atoms with Crippen molar-refractivity contribution < 1.29 is 0 Å². The van der Waals surface area contributed by atoms with Gasteiger partial charge >= 0.3 is 0 Å². The lowest BCUT2D eigenvalue weighted by molar-refractivity contribution is 0.135. The zero-order valence-electron chi connectivity index (χ0n) is 26.1. The van der Waals surface area contributed by atoms with E-state index in [1.54, 1.807) is 0 Å². The van der Waals surface area contributed by atoms with Crippen LogP contribution >= 0.6 is 0 Å². The highest BCUT2D eigenvalue weighted by atomic mass is 15.4. The van der Waals surface area contributed by atoms with Gasteiger partial charge in [0.15, 0.2) is 0 Å². The van der Waals surface area contributed by atoms with E-state index in [-0.39, 0.29) is 0 Å². The molecule has 1 aliphatic rings. The van der Waals surface area contributed by atoms with Gasteiger partial charge in [-0.05, 0) is 25.7 Å². The molecule has 1 heterocycles. The van der Waals surface area contributed by atoms with Gasteiger partial charge in [0, 0.05) is 25.5 Å². The maximum absolute atomic E-state index is 2.70. The molecule has 1 unspecified atom stereocenters. The van der Waals surface area contributed by atoms with Crippen molar-refractivity contribution >= 4 is 0 Å². The average Bonchev–Trinajstić information content (AvgIpc) is 3.29. The summed E-state index contributed by atoms with van der Waals surface area (Å²) in [5.41, 5.74) is 0. The van der Waals surface area contributed by atoms with E-state index in [4.69, 9.17) is 0 Å². The predicted molar refractivity (Wildman–Crippen MR) is 168 cm³/mol. The third kappa shape index (κ3) is 20.0. The van der Waals surface area contributed by atoms with Crippen LogP contribution in [0.2, 0.25) is 0 Å². The van der Waals surface area contributed by atoms with Crippen molar-refractivity contribution in [3.63, 3.8) is 0 Å². The molecule has 0 aromatic rings. The molecular formula is C35H70N2. The third-order valence-corrected chi connectivity index (χ3v) is 8.57. The smallest absolute Gasteiger partial charge is 0.101 e. The van der Waals surface area contributed by atoms with Gasteiger partial charge in [-0.1, -0.05) is 168 Å². The van der Waals surface area contributed by atoms with Gasteiger partial charge in [-0.2, -0.15) is 0 Å². The molecule has 0 spiro atoms. The molecule has 220 valence electrons. The van der Waals surface area contributed by atoms with E-state index in [1.165, 1.54) is 186 Å². The summed E-state index contributed by atoms with van der Waals surface area (Å²) in [4.78, 5) is 5.39. The zero-order valence-corrected chi connectivity index (χ0v) is 26.1. The van der Waals surface area contributed by atoms with Crippen LogP contribution in [0.3, 0.4) is 0 Å². The molecule has 1 atom stereocenters. The van der Waals surface area contributed by atoms with Crippen LogP contribution in [-0.4, -0.2) is 29.1 Å². The second-order valence-corrected chi connectivity index (χ2v) is 12.2. The molecule has 1 aliphatic heterocycles. The van der Waals surface area contributed by atoms with Crippen LogP contribution < -0.4 is 0 Å². The van der Waals surface area contributed by atoms with E-state index in [1.807, 2.05) is 0 Å². The first-order valence-corrected chi connectivity index (χ1v) is 17.5. The van der Waals surface area contributed by atoms with Gasteiger partial charge in [-0.25, -0.2) is 0 Å². The fraction of sp³-hybridized carbons (Fsp3) is 0.943. The van der Waals surface area contributed by atoms with E-state index in [0.717, 1.165) is 0 Å². The van der Waals surface area contributed by atoms with Crippen LogP contribution in [0.25, 0.3) is 0 Å². The second kappa shape index (κ2) is 26.9. The summed E-state index contributed by atoms with van der Waals surface area (Å²) in [5, 5.41) is 0. The first-order chi connectivity index (χ1) is 18.3. The van der Waals surface area contributed by atoms with Crippen molar-refractivity contribution in [2.75, 3.05) is 13.1 Å². The highest BCUT2D eigenvalue weighted by molar-refractivity contribution is 4.97. The Morgan fingerprint density at radius 3 is 0.946 bits per heavy atom. The third-order valence-electron chi connectivity index (χ3n) is 8.57. The standard InChI is InChI=1S/C35H70N2/c1-4-7-10-13-15-17-19-20-22-24-27-30-35-36(31-28-25-12-9-6-3)33-34-37(35)32-29-26-23-21-18-16-14-11-8-5-2/h33-35H,4-32H2,1-3H3. The van der Waals surface area contributed by atoms with Gasteiger partial charge in [-0.15, -0.1) is 0 Å². The number of rotatable bonds is 29. The minimum Gasteiger partial charge on any atom is -0.356 e. The Labute approximate surface area is 235 Å². The molecular weight excluding hydrogens is 448 g/mol. The topological polar surface area (TPSA) is 6.48 Å². The van der Waals surface area contributed by atoms with Gasteiger partial charge in [-0.3, -0.25) is 0 Å². The first kappa shape index (κ1) is 34.4. The van der Waals surface area contributed by atoms with Crippen molar-refractivity contribution in [3.8, 4) is 0 Å². The second-order valence-electron chi connectivity index (χ2n) is 12.2. The van der Waals surface area contributed by atoms with Crippen LogP contribution in [0.1, 0.15) is 194 Å². The predicted octanol–water partition coefficient (Wildman–Crippen LogP) is 12.0. The largest absolute Gasteiger partial charge is 0.356 e. The number of nitrogens with zero attached hydrogens (tertiary/aromatic N) is 2. The van der Waals surface area contributed by atoms with Crippen LogP contribution in [0.4, 0.5) is 0 Å². The Morgan fingerprint density at radius 1 is 0.351 bits per heavy atom. The highest BCUT2D eigenvalue weighted by Crippen LogP contribution is 2.24. The minimum atomic E-state index is 0.642. The zero-order chi connectivity index (χ0) is 26.7. The summed E-state index contributed by atoms with van der Waals surface area (Å²) in [5.74, 6) is 0. The molecule has 0 bridgehead atoms. The van der Waals surface area contributed by atoms with E-state index in [2.05, 4.69) is 43.0 Å². The molecule has 0 amide bonds. The summed E-state index contributed by atoms with van der Waals surface area (Å²) in [7, 11) is 0. The van der Waals surface area contributed by atoms with E-state index < -0.39 is 0 Å². The monoisotopic (exact) mass is 519 g/mol. The fourth-order valence-electron chi connectivity index (χ4n) is 6.01. The molecule has 0 aromatic heterocycles. The summed E-state index contributed by atoms with van der Waals surface area (Å²) in [6.07, 6.45) is 44.0. The van der Waals surface area contributed by atoms with Crippen LogP contribution in [0.15, 0.2) is 12.4 Å². The molecule has 0 fully saturated rings. The van der Waals surface area contributed by atoms with Gasteiger partial charge < -0.3 is 9.80 Å². The lowest BCUT2D eigenvalue weighted by Gasteiger charge is -2.33. The highest BCUT2D eigenvalue weighted by Gasteiger charge is 2.24. The molecule has 37 heavy (non-hydrogen) atoms. The maximum atomic E-state index is 2.70. The van der Waals surface area contributed by atoms with Gasteiger partial charge in [0.05, 0.1) is 0 Å².